The lowest BCUT2D eigenvalue weighted by Gasteiger charge is -2.31. The first-order valence-corrected chi connectivity index (χ1v) is 9.06. The summed E-state index contributed by atoms with van der Waals surface area (Å²) in [6, 6.07) is 14.2. The Morgan fingerprint density at radius 2 is 1.85 bits per heavy atom. The topological polar surface area (TPSA) is 92.1 Å². The number of carbonyl (C=O) groups is 1. The minimum Gasteiger partial charge on any atom is -0.342 e. The molecular formula is C20H20N4O3. The highest BCUT2D eigenvalue weighted by Gasteiger charge is 2.25. The number of rotatable bonds is 4. The summed E-state index contributed by atoms with van der Waals surface area (Å²) >= 11 is 0. The number of carbonyl (C=O) groups excluding carboxylic acids is 1. The lowest BCUT2D eigenvalue weighted by Crippen LogP contribution is -2.39. The SMILES string of the molecule is O=C(Cc1ccc([N+](=O)[O-])cc1)N1CCC(c2nc3ccccc3[nH]2)CC1. The van der Waals surface area contributed by atoms with Crippen molar-refractivity contribution in [3.05, 3.63) is 70.0 Å². The number of nitro groups is 1. The van der Waals surface area contributed by atoms with Gasteiger partial charge in [-0.3, -0.25) is 14.9 Å². The van der Waals surface area contributed by atoms with Crippen LogP contribution < -0.4 is 0 Å². The first-order chi connectivity index (χ1) is 13.1. The predicted molar refractivity (Wildman–Crippen MR) is 101 cm³/mol. The Morgan fingerprint density at radius 1 is 1.15 bits per heavy atom. The summed E-state index contributed by atoms with van der Waals surface area (Å²) in [5, 5.41) is 10.7. The van der Waals surface area contributed by atoms with Gasteiger partial charge < -0.3 is 9.88 Å². The molecule has 7 heteroatoms. The number of hydrogen-bond donors (Lipinski definition) is 1. The van der Waals surface area contributed by atoms with E-state index in [2.05, 4.69) is 9.97 Å². The van der Waals surface area contributed by atoms with Crippen LogP contribution in [0.2, 0.25) is 0 Å². The van der Waals surface area contributed by atoms with Crippen molar-refractivity contribution in [2.75, 3.05) is 13.1 Å². The molecule has 1 aliphatic rings. The largest absolute Gasteiger partial charge is 0.342 e. The zero-order valence-electron chi connectivity index (χ0n) is 14.8. The van der Waals surface area contributed by atoms with Crippen LogP contribution in [0.1, 0.15) is 30.1 Å². The number of benzene rings is 2. The van der Waals surface area contributed by atoms with Gasteiger partial charge in [0, 0.05) is 31.1 Å². The molecule has 1 fully saturated rings. The number of H-pyrrole nitrogens is 1. The van der Waals surface area contributed by atoms with E-state index >= 15 is 0 Å². The minimum atomic E-state index is -0.436. The van der Waals surface area contributed by atoms with Gasteiger partial charge >= 0.3 is 0 Å². The van der Waals surface area contributed by atoms with E-state index < -0.39 is 4.92 Å². The van der Waals surface area contributed by atoms with Crippen LogP contribution >= 0.6 is 0 Å². The molecule has 7 nitrogen and oxygen atoms in total. The molecule has 1 N–H and O–H groups in total. The van der Waals surface area contributed by atoms with Gasteiger partial charge in [0.05, 0.1) is 22.4 Å². The van der Waals surface area contributed by atoms with E-state index in [4.69, 9.17) is 0 Å². The number of nitrogens with zero attached hydrogens (tertiary/aromatic N) is 3. The Kier molecular flexibility index (Phi) is 4.58. The maximum atomic E-state index is 12.5. The molecule has 1 aliphatic heterocycles. The highest BCUT2D eigenvalue weighted by Crippen LogP contribution is 2.28. The quantitative estimate of drug-likeness (QED) is 0.567. The standard InChI is InChI=1S/C20H20N4O3/c25-19(13-14-5-7-16(8-6-14)24(26)27)23-11-9-15(10-12-23)20-21-17-3-1-2-4-18(17)22-20/h1-8,15H,9-13H2,(H,21,22). The average Bonchev–Trinajstić information content (AvgIpc) is 3.13. The maximum Gasteiger partial charge on any atom is 0.269 e. The van der Waals surface area contributed by atoms with Gasteiger partial charge in [0.1, 0.15) is 5.82 Å². The number of hydrogen-bond acceptors (Lipinski definition) is 4. The van der Waals surface area contributed by atoms with Gasteiger partial charge in [-0.15, -0.1) is 0 Å². The van der Waals surface area contributed by atoms with Crippen molar-refractivity contribution in [1.29, 1.82) is 0 Å². The lowest BCUT2D eigenvalue weighted by molar-refractivity contribution is -0.384. The van der Waals surface area contributed by atoms with Crippen LogP contribution in [0.3, 0.4) is 0 Å². The van der Waals surface area contributed by atoms with Crippen LogP contribution in [0.5, 0.6) is 0 Å². The Balaban J connectivity index is 1.35. The molecule has 1 saturated heterocycles. The number of nitrogens with one attached hydrogen (secondary N) is 1. The van der Waals surface area contributed by atoms with E-state index in [1.807, 2.05) is 29.2 Å². The molecule has 3 aromatic rings. The molecule has 0 radical (unpaired) electrons. The van der Waals surface area contributed by atoms with Crippen molar-refractivity contribution in [3.63, 3.8) is 0 Å². The Labute approximate surface area is 156 Å². The van der Waals surface area contributed by atoms with E-state index in [9.17, 15) is 14.9 Å². The first kappa shape index (κ1) is 17.2. The summed E-state index contributed by atoms with van der Waals surface area (Å²) in [6.45, 7) is 1.40. The number of nitro benzene ring substituents is 1. The van der Waals surface area contributed by atoms with Crippen LogP contribution in [0.25, 0.3) is 11.0 Å². The minimum absolute atomic E-state index is 0.0397. The zero-order valence-corrected chi connectivity index (χ0v) is 14.8. The van der Waals surface area contributed by atoms with Crippen molar-refractivity contribution in [1.82, 2.24) is 14.9 Å². The van der Waals surface area contributed by atoms with Gasteiger partial charge in [-0.25, -0.2) is 4.98 Å². The highest BCUT2D eigenvalue weighted by atomic mass is 16.6. The third kappa shape index (κ3) is 3.67. The molecular weight excluding hydrogens is 344 g/mol. The Morgan fingerprint density at radius 3 is 2.52 bits per heavy atom. The van der Waals surface area contributed by atoms with Crippen LogP contribution in [-0.2, 0) is 11.2 Å². The highest BCUT2D eigenvalue weighted by molar-refractivity contribution is 5.79. The van der Waals surface area contributed by atoms with Crippen molar-refractivity contribution in [3.8, 4) is 0 Å². The Hall–Kier alpha value is -3.22. The smallest absolute Gasteiger partial charge is 0.269 e. The second kappa shape index (κ2) is 7.19. The van der Waals surface area contributed by atoms with E-state index in [0.717, 1.165) is 35.3 Å². The van der Waals surface area contributed by atoms with E-state index in [0.29, 0.717) is 19.0 Å². The second-order valence-corrected chi connectivity index (χ2v) is 6.89. The third-order valence-electron chi connectivity index (χ3n) is 5.14. The van der Waals surface area contributed by atoms with E-state index in [1.165, 1.54) is 12.1 Å². The summed E-state index contributed by atoms with van der Waals surface area (Å²) in [5.74, 6) is 1.39. The third-order valence-corrected chi connectivity index (χ3v) is 5.14. The molecule has 0 atom stereocenters. The van der Waals surface area contributed by atoms with E-state index in [1.54, 1.807) is 12.1 Å². The average molecular weight is 364 g/mol. The number of imidazole rings is 1. The number of piperidine rings is 1. The second-order valence-electron chi connectivity index (χ2n) is 6.89. The molecule has 2 aromatic carbocycles. The molecule has 0 spiro atoms. The fourth-order valence-corrected chi connectivity index (χ4v) is 3.59. The number of para-hydroxylation sites is 2. The van der Waals surface area contributed by atoms with Crippen LogP contribution in [-0.4, -0.2) is 38.8 Å². The van der Waals surface area contributed by atoms with Gasteiger partial charge in [0.15, 0.2) is 0 Å². The van der Waals surface area contributed by atoms with Gasteiger partial charge in [0.2, 0.25) is 5.91 Å². The molecule has 0 aliphatic carbocycles. The molecule has 0 saturated carbocycles. The van der Waals surface area contributed by atoms with Gasteiger partial charge in [-0.05, 0) is 30.5 Å². The summed E-state index contributed by atoms with van der Waals surface area (Å²) in [6.07, 6.45) is 2.03. The summed E-state index contributed by atoms with van der Waals surface area (Å²) < 4.78 is 0. The monoisotopic (exact) mass is 364 g/mol. The fraction of sp³-hybridized carbons (Fsp3) is 0.300. The van der Waals surface area contributed by atoms with Gasteiger partial charge in [-0.2, -0.15) is 0 Å². The lowest BCUT2D eigenvalue weighted by atomic mass is 9.95. The number of aromatic amines is 1. The maximum absolute atomic E-state index is 12.5. The molecule has 1 aromatic heterocycles. The van der Waals surface area contributed by atoms with Gasteiger partial charge in [-0.1, -0.05) is 24.3 Å². The number of likely N-dealkylation sites (tertiary alicyclic amines) is 1. The molecule has 0 bridgehead atoms. The number of amides is 1. The van der Waals surface area contributed by atoms with Crippen LogP contribution in [0.15, 0.2) is 48.5 Å². The molecule has 2 heterocycles. The van der Waals surface area contributed by atoms with Crippen molar-refractivity contribution in [2.24, 2.45) is 0 Å². The number of fused-ring (bicyclic) bond motifs is 1. The fourth-order valence-electron chi connectivity index (χ4n) is 3.59. The first-order valence-electron chi connectivity index (χ1n) is 9.06. The molecule has 0 unspecified atom stereocenters. The summed E-state index contributed by atoms with van der Waals surface area (Å²) in [5.41, 5.74) is 2.86. The van der Waals surface area contributed by atoms with Crippen molar-refractivity contribution >= 4 is 22.6 Å². The molecule has 1 amide bonds. The molecule has 27 heavy (non-hydrogen) atoms. The Bertz CT molecular complexity index is 939. The summed E-state index contributed by atoms with van der Waals surface area (Å²) in [4.78, 5) is 32.8. The molecule has 4 rings (SSSR count). The van der Waals surface area contributed by atoms with Crippen molar-refractivity contribution in [2.45, 2.75) is 25.2 Å². The predicted octanol–water partition coefficient (Wildman–Crippen LogP) is 3.42. The van der Waals surface area contributed by atoms with Gasteiger partial charge in [0.25, 0.3) is 5.69 Å². The van der Waals surface area contributed by atoms with Crippen LogP contribution in [0, 0.1) is 10.1 Å². The molecule has 138 valence electrons. The van der Waals surface area contributed by atoms with Crippen LogP contribution in [0.4, 0.5) is 5.69 Å². The van der Waals surface area contributed by atoms with Crippen molar-refractivity contribution < 1.29 is 9.72 Å². The summed E-state index contributed by atoms with van der Waals surface area (Å²) in [7, 11) is 0. The number of non-ortho nitro benzene ring substituents is 1. The number of aromatic nitrogens is 2. The normalized spacial score (nSPS) is 15.2. The zero-order chi connectivity index (χ0) is 18.8. The van der Waals surface area contributed by atoms with E-state index in [-0.39, 0.29) is 18.0 Å².